The zero-order chi connectivity index (χ0) is 12.9. The molecule has 0 spiro atoms. The molecule has 94 valence electrons. The third kappa shape index (κ3) is 2.95. The fourth-order valence-corrected chi connectivity index (χ4v) is 1.62. The lowest BCUT2D eigenvalue weighted by molar-refractivity contribution is -0.144. The molecule has 4 heteroatoms. The topological polar surface area (TPSA) is 77.8 Å². The standard InChI is InChI=1S/C13H18O4/c1-2-3-4-5-6-7-10-8-11(15)13(17,9-14)12(10)16/h8,11,14-15,17H,2-5,9H2,1H3/t11-,13-/m0/s1. The number of aliphatic hydroxyl groups is 3. The van der Waals surface area contributed by atoms with Crippen molar-refractivity contribution in [3.63, 3.8) is 0 Å². The van der Waals surface area contributed by atoms with Gasteiger partial charge in [0.2, 0.25) is 5.78 Å². The van der Waals surface area contributed by atoms with Crippen molar-refractivity contribution in [1.29, 1.82) is 0 Å². The Morgan fingerprint density at radius 1 is 1.47 bits per heavy atom. The maximum atomic E-state index is 11.6. The second-order valence-electron chi connectivity index (χ2n) is 4.20. The van der Waals surface area contributed by atoms with Gasteiger partial charge in [0, 0.05) is 6.42 Å². The maximum Gasteiger partial charge on any atom is 0.207 e. The number of Topliss-reactive ketones (excluding diaryl/α,β-unsaturated/α-hetero) is 1. The first-order valence-corrected chi connectivity index (χ1v) is 5.83. The summed E-state index contributed by atoms with van der Waals surface area (Å²) in [7, 11) is 0. The van der Waals surface area contributed by atoms with Crippen LogP contribution in [0.5, 0.6) is 0 Å². The van der Waals surface area contributed by atoms with Gasteiger partial charge in [-0.3, -0.25) is 4.79 Å². The quantitative estimate of drug-likeness (QED) is 0.482. The molecular weight excluding hydrogens is 220 g/mol. The first kappa shape index (κ1) is 13.9. The van der Waals surface area contributed by atoms with Crippen molar-refractivity contribution in [3.8, 4) is 11.8 Å². The number of hydrogen-bond donors (Lipinski definition) is 3. The predicted octanol–water partition coefficient (Wildman–Crippen LogP) is 0.163. The van der Waals surface area contributed by atoms with Crippen LogP contribution in [0.1, 0.15) is 32.6 Å². The highest BCUT2D eigenvalue weighted by molar-refractivity contribution is 6.08. The lowest BCUT2D eigenvalue weighted by Gasteiger charge is -2.21. The Morgan fingerprint density at radius 3 is 2.71 bits per heavy atom. The van der Waals surface area contributed by atoms with Crippen molar-refractivity contribution in [2.45, 2.75) is 44.3 Å². The van der Waals surface area contributed by atoms with Gasteiger partial charge < -0.3 is 15.3 Å². The number of hydrogen-bond acceptors (Lipinski definition) is 4. The van der Waals surface area contributed by atoms with E-state index in [1.807, 2.05) is 0 Å². The van der Waals surface area contributed by atoms with Crippen LogP contribution in [0.25, 0.3) is 0 Å². The summed E-state index contributed by atoms with van der Waals surface area (Å²) < 4.78 is 0. The van der Waals surface area contributed by atoms with Crippen LogP contribution in [0, 0.1) is 11.8 Å². The molecule has 0 saturated heterocycles. The van der Waals surface area contributed by atoms with Crippen LogP contribution in [0.4, 0.5) is 0 Å². The minimum Gasteiger partial charge on any atom is -0.393 e. The van der Waals surface area contributed by atoms with Crippen LogP contribution >= 0.6 is 0 Å². The predicted molar refractivity (Wildman–Crippen MR) is 63.1 cm³/mol. The number of aliphatic hydroxyl groups excluding tert-OH is 2. The molecule has 0 bridgehead atoms. The van der Waals surface area contributed by atoms with Crippen molar-refractivity contribution >= 4 is 5.78 Å². The molecule has 0 aromatic heterocycles. The second kappa shape index (κ2) is 5.97. The summed E-state index contributed by atoms with van der Waals surface area (Å²) in [5, 5.41) is 28.0. The second-order valence-corrected chi connectivity index (χ2v) is 4.20. The van der Waals surface area contributed by atoms with Gasteiger partial charge in [0.25, 0.3) is 0 Å². The van der Waals surface area contributed by atoms with Crippen molar-refractivity contribution < 1.29 is 20.1 Å². The molecule has 1 aliphatic rings. The summed E-state index contributed by atoms with van der Waals surface area (Å²) in [6.45, 7) is 1.29. The molecule has 1 rings (SSSR count). The minimum atomic E-state index is -2.10. The zero-order valence-electron chi connectivity index (χ0n) is 9.94. The van der Waals surface area contributed by atoms with Gasteiger partial charge in [-0.1, -0.05) is 31.6 Å². The maximum absolute atomic E-state index is 11.6. The van der Waals surface area contributed by atoms with Gasteiger partial charge in [-0.05, 0) is 12.5 Å². The van der Waals surface area contributed by atoms with Crippen LogP contribution < -0.4 is 0 Å². The summed E-state index contributed by atoms with van der Waals surface area (Å²) in [6, 6.07) is 0. The molecule has 0 amide bonds. The molecule has 3 N–H and O–H groups in total. The average Bonchev–Trinajstić information content (AvgIpc) is 2.54. The van der Waals surface area contributed by atoms with Crippen molar-refractivity contribution in [3.05, 3.63) is 11.6 Å². The molecule has 2 atom stereocenters. The lowest BCUT2D eigenvalue weighted by atomic mass is 9.97. The third-order valence-corrected chi connectivity index (χ3v) is 2.82. The van der Waals surface area contributed by atoms with E-state index in [2.05, 4.69) is 18.8 Å². The number of ketones is 1. The number of carbonyl (C=O) groups is 1. The summed E-state index contributed by atoms with van der Waals surface area (Å²) in [5.41, 5.74) is -2.02. The monoisotopic (exact) mass is 238 g/mol. The molecule has 4 nitrogen and oxygen atoms in total. The first-order chi connectivity index (χ1) is 8.06. The van der Waals surface area contributed by atoms with Crippen molar-refractivity contribution in [1.82, 2.24) is 0 Å². The molecule has 0 radical (unpaired) electrons. The minimum absolute atomic E-state index is 0.0885. The molecule has 0 aromatic carbocycles. The van der Waals surface area contributed by atoms with Gasteiger partial charge >= 0.3 is 0 Å². The van der Waals surface area contributed by atoms with E-state index in [0.29, 0.717) is 6.42 Å². The molecular formula is C13H18O4. The van der Waals surface area contributed by atoms with Crippen molar-refractivity contribution in [2.24, 2.45) is 0 Å². The molecule has 17 heavy (non-hydrogen) atoms. The van der Waals surface area contributed by atoms with E-state index < -0.39 is 24.1 Å². The SMILES string of the molecule is CCCCCC#CC1=C[C@H](O)[C@@](O)(CO)C1=O. The van der Waals surface area contributed by atoms with E-state index in [9.17, 15) is 15.0 Å². The molecule has 0 fully saturated rings. The Labute approximate surface area is 101 Å². The highest BCUT2D eigenvalue weighted by Gasteiger charge is 2.48. The highest BCUT2D eigenvalue weighted by Crippen LogP contribution is 2.25. The van der Waals surface area contributed by atoms with Crippen LogP contribution in [0.15, 0.2) is 11.6 Å². The number of unbranched alkanes of at least 4 members (excludes halogenated alkanes) is 3. The molecule has 0 aromatic rings. The largest absolute Gasteiger partial charge is 0.393 e. The zero-order valence-corrected chi connectivity index (χ0v) is 9.94. The lowest BCUT2D eigenvalue weighted by Crippen LogP contribution is -2.48. The Balaban J connectivity index is 2.62. The first-order valence-electron chi connectivity index (χ1n) is 5.83. The van der Waals surface area contributed by atoms with E-state index >= 15 is 0 Å². The normalized spacial score (nSPS) is 27.6. The van der Waals surface area contributed by atoms with Crippen LogP contribution in [-0.4, -0.2) is 39.4 Å². The van der Waals surface area contributed by atoms with Crippen LogP contribution in [0.3, 0.4) is 0 Å². The van der Waals surface area contributed by atoms with Gasteiger partial charge in [-0.15, -0.1) is 0 Å². The van der Waals surface area contributed by atoms with E-state index in [1.54, 1.807) is 0 Å². The summed E-state index contributed by atoms with van der Waals surface area (Å²) in [5.74, 6) is 4.77. The molecule has 0 aliphatic heterocycles. The van der Waals surface area contributed by atoms with E-state index in [1.165, 1.54) is 6.08 Å². The summed E-state index contributed by atoms with van der Waals surface area (Å²) >= 11 is 0. The van der Waals surface area contributed by atoms with Crippen LogP contribution in [0.2, 0.25) is 0 Å². The van der Waals surface area contributed by atoms with Crippen molar-refractivity contribution in [2.75, 3.05) is 6.61 Å². The summed E-state index contributed by atoms with van der Waals surface area (Å²) in [4.78, 5) is 11.6. The van der Waals surface area contributed by atoms with Gasteiger partial charge in [0.05, 0.1) is 12.2 Å². The van der Waals surface area contributed by atoms with Gasteiger partial charge in [-0.25, -0.2) is 0 Å². The Bertz CT molecular complexity index is 375. The number of carbonyl (C=O) groups excluding carboxylic acids is 1. The van der Waals surface area contributed by atoms with Gasteiger partial charge in [0.15, 0.2) is 5.60 Å². The summed E-state index contributed by atoms with van der Waals surface area (Å²) in [6.07, 6.45) is 3.67. The fourth-order valence-electron chi connectivity index (χ4n) is 1.62. The fraction of sp³-hybridized carbons (Fsp3) is 0.615. The van der Waals surface area contributed by atoms with Crippen LogP contribution in [-0.2, 0) is 4.79 Å². The Kier molecular flexibility index (Phi) is 4.88. The third-order valence-electron chi connectivity index (χ3n) is 2.82. The molecule has 0 heterocycles. The smallest absolute Gasteiger partial charge is 0.207 e. The van der Waals surface area contributed by atoms with E-state index in [0.717, 1.165) is 19.3 Å². The van der Waals surface area contributed by atoms with Gasteiger partial charge in [0.1, 0.15) is 6.10 Å². The molecule has 0 unspecified atom stereocenters. The Morgan fingerprint density at radius 2 is 2.18 bits per heavy atom. The molecule has 0 saturated carbocycles. The molecule has 1 aliphatic carbocycles. The highest BCUT2D eigenvalue weighted by atomic mass is 16.4. The average molecular weight is 238 g/mol. The van der Waals surface area contributed by atoms with Gasteiger partial charge in [-0.2, -0.15) is 0 Å². The Hall–Kier alpha value is -1.15. The number of rotatable bonds is 4. The van der Waals surface area contributed by atoms with E-state index in [4.69, 9.17) is 5.11 Å². The van der Waals surface area contributed by atoms with E-state index in [-0.39, 0.29) is 5.57 Å².